The largest absolute Gasteiger partial charge is 0.490 e. The molecule has 0 bridgehead atoms. The number of fused-ring (bicyclic) bond motifs is 1. The topological polar surface area (TPSA) is 110 Å². The number of hydrazone groups is 1. The lowest BCUT2D eigenvalue weighted by Crippen LogP contribution is -2.46. The molecule has 2 aromatic rings. The van der Waals surface area contributed by atoms with E-state index in [9.17, 15) is 15.2 Å². The number of nitrogens with one attached hydrogen (secondary N) is 2. The summed E-state index contributed by atoms with van der Waals surface area (Å²) in [5.74, 6) is 0.593. The monoisotopic (exact) mass is 505 g/mol. The van der Waals surface area contributed by atoms with Gasteiger partial charge in [0.2, 0.25) is 0 Å². The maximum Gasteiger partial charge on any atom is 0.317 e. The van der Waals surface area contributed by atoms with Crippen LogP contribution in [-0.4, -0.2) is 46.4 Å². The molecule has 2 aromatic carbocycles. The number of likely N-dealkylation sites (tertiary alicyclic amines) is 1. The Balaban J connectivity index is 1.28. The number of nitrogens with zero attached hydrogens (tertiary/aromatic N) is 3. The average Bonchev–Trinajstić information content (AvgIpc) is 3.52. The number of benzene rings is 2. The number of hydrogen-bond donors (Lipinski definition) is 3. The fraction of sp³-hybridized carbons (Fsp3) is 0.444. The molecule has 3 aliphatic rings. The minimum absolute atomic E-state index is 0.00148. The molecular weight excluding hydrogens is 474 g/mol. The third-order valence-corrected chi connectivity index (χ3v) is 8.00. The highest BCUT2D eigenvalue weighted by molar-refractivity contribution is 8.14. The van der Waals surface area contributed by atoms with Crippen molar-refractivity contribution in [2.75, 3.05) is 13.1 Å². The molecule has 8 nitrogen and oxygen atoms in total. The summed E-state index contributed by atoms with van der Waals surface area (Å²) in [5.41, 5.74) is 8.16. The maximum absolute atomic E-state index is 12.8. The molecule has 9 heteroatoms. The Kier molecular flexibility index (Phi) is 7.08. The molecule has 36 heavy (non-hydrogen) atoms. The van der Waals surface area contributed by atoms with E-state index in [0.29, 0.717) is 37.2 Å². The molecule has 3 N–H and O–H groups in total. The number of rotatable bonds is 5. The van der Waals surface area contributed by atoms with E-state index in [0.717, 1.165) is 34.6 Å². The number of carbonyl (C=O) groups is 1. The zero-order valence-corrected chi connectivity index (χ0v) is 21.3. The summed E-state index contributed by atoms with van der Waals surface area (Å²) in [4.78, 5) is 14.6. The van der Waals surface area contributed by atoms with Crippen molar-refractivity contribution in [3.8, 4) is 11.8 Å². The number of carbonyl (C=O) groups excluding carboxylic acids is 1. The fourth-order valence-corrected chi connectivity index (χ4v) is 6.05. The quantitative estimate of drug-likeness (QED) is 0.562. The fourth-order valence-electron chi connectivity index (χ4n) is 5.02. The number of hydrogen-bond acceptors (Lipinski definition) is 7. The zero-order valence-electron chi connectivity index (χ0n) is 20.5. The van der Waals surface area contributed by atoms with Gasteiger partial charge in [-0.2, -0.15) is 10.4 Å². The molecule has 5 rings (SSSR count). The van der Waals surface area contributed by atoms with E-state index in [4.69, 9.17) is 4.74 Å². The SMILES string of the molecule is CC(C)Oc1ccc(C2NN=C(c3cccc4c3CCC4NC(=O)N3CCC(O)CC3)S2)cc1C#N. The number of thioether (sulfide) groups is 1. The van der Waals surface area contributed by atoms with Crippen LogP contribution in [-0.2, 0) is 6.42 Å². The van der Waals surface area contributed by atoms with Crippen LogP contribution in [0.3, 0.4) is 0 Å². The van der Waals surface area contributed by atoms with Gasteiger partial charge in [0.15, 0.2) is 0 Å². The summed E-state index contributed by atoms with van der Waals surface area (Å²) >= 11 is 1.63. The molecule has 0 radical (unpaired) electrons. The van der Waals surface area contributed by atoms with Crippen molar-refractivity contribution in [1.82, 2.24) is 15.6 Å². The molecule has 2 aliphatic heterocycles. The highest BCUT2D eigenvalue weighted by Gasteiger charge is 2.32. The van der Waals surface area contributed by atoms with Crippen LogP contribution < -0.4 is 15.5 Å². The number of ether oxygens (including phenoxy) is 1. The third-order valence-electron chi connectivity index (χ3n) is 6.85. The summed E-state index contributed by atoms with van der Waals surface area (Å²) in [5, 5.41) is 28.0. The Morgan fingerprint density at radius 2 is 2.08 bits per heavy atom. The van der Waals surface area contributed by atoms with Gasteiger partial charge in [-0.05, 0) is 68.4 Å². The van der Waals surface area contributed by atoms with Crippen LogP contribution >= 0.6 is 11.8 Å². The number of urea groups is 1. The van der Waals surface area contributed by atoms with Crippen LogP contribution in [0.1, 0.15) is 72.3 Å². The predicted molar refractivity (Wildman–Crippen MR) is 140 cm³/mol. The Morgan fingerprint density at radius 3 is 2.83 bits per heavy atom. The summed E-state index contributed by atoms with van der Waals surface area (Å²) in [6, 6.07) is 14.0. The molecular formula is C27H31N5O3S. The first kappa shape index (κ1) is 24.5. The van der Waals surface area contributed by atoms with Crippen molar-refractivity contribution in [3.05, 3.63) is 64.2 Å². The van der Waals surface area contributed by atoms with E-state index in [1.165, 1.54) is 5.56 Å². The van der Waals surface area contributed by atoms with Gasteiger partial charge in [-0.3, -0.25) is 5.43 Å². The maximum atomic E-state index is 12.8. The second-order valence-corrected chi connectivity index (χ2v) is 10.8. The molecule has 2 unspecified atom stereocenters. The van der Waals surface area contributed by atoms with E-state index < -0.39 is 0 Å². The summed E-state index contributed by atoms with van der Waals surface area (Å²) < 4.78 is 5.75. The van der Waals surface area contributed by atoms with Crippen LogP contribution in [0.2, 0.25) is 0 Å². The molecule has 0 spiro atoms. The molecule has 2 heterocycles. The number of piperidine rings is 1. The van der Waals surface area contributed by atoms with Gasteiger partial charge >= 0.3 is 6.03 Å². The lowest BCUT2D eigenvalue weighted by molar-refractivity contribution is 0.0928. The normalized spacial score (nSPS) is 21.5. The van der Waals surface area contributed by atoms with E-state index in [1.807, 2.05) is 38.1 Å². The zero-order chi connectivity index (χ0) is 25.2. The second-order valence-electron chi connectivity index (χ2n) is 9.71. The first-order valence-corrected chi connectivity index (χ1v) is 13.4. The van der Waals surface area contributed by atoms with E-state index >= 15 is 0 Å². The first-order valence-electron chi connectivity index (χ1n) is 12.5. The van der Waals surface area contributed by atoms with Crippen LogP contribution in [0, 0.1) is 11.3 Å². The molecule has 1 fully saturated rings. The number of aliphatic hydroxyl groups excluding tert-OH is 1. The Morgan fingerprint density at radius 1 is 1.28 bits per heavy atom. The van der Waals surface area contributed by atoms with Crippen molar-refractivity contribution in [3.63, 3.8) is 0 Å². The average molecular weight is 506 g/mol. The second kappa shape index (κ2) is 10.4. The molecule has 1 saturated heterocycles. The standard InChI is InChI=1S/C27H31N5O3S/c1-16(2)35-24-9-6-17(14-18(24)15-28)25-30-31-26(36-25)22-5-3-4-21-20(22)7-8-23(21)29-27(34)32-12-10-19(33)11-13-32/h3-6,9,14,16,19,23,25,30,33H,7-8,10-13H2,1-2H3,(H,29,34). The molecule has 188 valence electrons. The summed E-state index contributed by atoms with van der Waals surface area (Å²) in [6.45, 7) is 5.06. The van der Waals surface area contributed by atoms with Gasteiger partial charge in [0.25, 0.3) is 0 Å². The molecule has 1 aliphatic carbocycles. The summed E-state index contributed by atoms with van der Waals surface area (Å²) in [6.07, 6.45) is 2.69. The van der Waals surface area contributed by atoms with E-state index in [2.05, 4.69) is 34.0 Å². The highest BCUT2D eigenvalue weighted by Crippen LogP contribution is 2.40. The van der Waals surface area contributed by atoms with Gasteiger partial charge in [-0.25, -0.2) is 4.79 Å². The third kappa shape index (κ3) is 5.01. The number of amides is 2. The van der Waals surface area contributed by atoms with Crippen LogP contribution in [0.4, 0.5) is 4.79 Å². The van der Waals surface area contributed by atoms with Gasteiger partial charge < -0.3 is 20.1 Å². The van der Waals surface area contributed by atoms with Gasteiger partial charge in [0.05, 0.1) is 23.8 Å². The lowest BCUT2D eigenvalue weighted by Gasteiger charge is -2.30. The Hall–Kier alpha value is -3.22. The Bertz CT molecular complexity index is 1220. The van der Waals surface area contributed by atoms with Crippen LogP contribution in [0.5, 0.6) is 5.75 Å². The molecule has 2 atom stereocenters. The summed E-state index contributed by atoms with van der Waals surface area (Å²) in [7, 11) is 0. The van der Waals surface area contributed by atoms with Gasteiger partial charge in [-0.15, -0.1) is 0 Å². The number of nitriles is 1. The van der Waals surface area contributed by atoms with Gasteiger partial charge in [0.1, 0.15) is 22.2 Å². The minimum atomic E-state index is -0.302. The van der Waals surface area contributed by atoms with Gasteiger partial charge in [0, 0.05) is 18.7 Å². The van der Waals surface area contributed by atoms with Crippen molar-refractivity contribution in [2.24, 2.45) is 5.10 Å². The van der Waals surface area contributed by atoms with E-state index in [-0.39, 0.29) is 29.7 Å². The predicted octanol–water partition coefficient (Wildman–Crippen LogP) is 4.20. The van der Waals surface area contributed by atoms with Crippen molar-refractivity contribution < 1.29 is 14.6 Å². The van der Waals surface area contributed by atoms with Crippen LogP contribution in [0.25, 0.3) is 0 Å². The van der Waals surface area contributed by atoms with Crippen molar-refractivity contribution >= 4 is 22.8 Å². The minimum Gasteiger partial charge on any atom is -0.490 e. The molecule has 2 amide bonds. The van der Waals surface area contributed by atoms with Crippen LogP contribution in [0.15, 0.2) is 41.5 Å². The number of aliphatic hydroxyl groups is 1. The highest BCUT2D eigenvalue weighted by atomic mass is 32.2. The van der Waals surface area contributed by atoms with Crippen molar-refractivity contribution in [2.45, 2.75) is 63.2 Å². The Labute approximate surface area is 215 Å². The van der Waals surface area contributed by atoms with Crippen molar-refractivity contribution in [1.29, 1.82) is 5.26 Å². The lowest BCUT2D eigenvalue weighted by atomic mass is 10.0. The van der Waals surface area contributed by atoms with E-state index in [1.54, 1.807) is 16.7 Å². The first-order chi connectivity index (χ1) is 17.4. The molecule has 0 saturated carbocycles. The molecule has 0 aromatic heterocycles. The smallest absolute Gasteiger partial charge is 0.317 e. The van der Waals surface area contributed by atoms with Gasteiger partial charge in [-0.1, -0.05) is 36.0 Å².